The molecule has 2 aromatic heterocycles. The maximum atomic E-state index is 11.7. The summed E-state index contributed by atoms with van der Waals surface area (Å²) in [6.07, 6.45) is 0.966. The fourth-order valence-electron chi connectivity index (χ4n) is 2.11. The molecule has 0 fully saturated rings. The quantitative estimate of drug-likeness (QED) is 0.765. The normalized spacial score (nSPS) is 10.9. The lowest BCUT2D eigenvalue weighted by Gasteiger charge is -2.04. The minimum Gasteiger partial charge on any atom is -0.267 e. The Morgan fingerprint density at radius 3 is 2.78 bits per heavy atom. The molecule has 1 aromatic carbocycles. The van der Waals surface area contributed by atoms with Crippen LogP contribution in [0.3, 0.4) is 0 Å². The molecule has 2 heterocycles. The molecular formula is C14H12N2OS. The van der Waals surface area contributed by atoms with Gasteiger partial charge in [-0.2, -0.15) is 5.10 Å². The molecule has 0 aliphatic rings. The Labute approximate surface area is 108 Å². The van der Waals surface area contributed by atoms with Gasteiger partial charge in [0.2, 0.25) is 0 Å². The van der Waals surface area contributed by atoms with Crippen molar-refractivity contribution in [2.75, 3.05) is 0 Å². The number of aryl methyl sites for hydroxylation is 1. The van der Waals surface area contributed by atoms with Crippen molar-refractivity contribution in [1.29, 1.82) is 0 Å². The van der Waals surface area contributed by atoms with Gasteiger partial charge >= 0.3 is 0 Å². The lowest BCUT2D eigenvalue weighted by Crippen LogP contribution is -2.09. The molecule has 0 bridgehead atoms. The first-order valence-corrected chi connectivity index (χ1v) is 6.73. The third-order valence-electron chi connectivity index (χ3n) is 3.04. The highest BCUT2D eigenvalue weighted by Gasteiger charge is 2.12. The van der Waals surface area contributed by atoms with Crippen molar-refractivity contribution < 1.29 is 0 Å². The van der Waals surface area contributed by atoms with Crippen molar-refractivity contribution in [3.63, 3.8) is 0 Å². The van der Waals surface area contributed by atoms with Crippen LogP contribution < -0.4 is 5.56 Å². The van der Waals surface area contributed by atoms with E-state index in [1.165, 1.54) is 5.56 Å². The smallest absolute Gasteiger partial charge is 0.267 e. The van der Waals surface area contributed by atoms with E-state index in [1.54, 1.807) is 11.3 Å². The van der Waals surface area contributed by atoms with Crippen LogP contribution in [-0.2, 0) is 6.42 Å². The van der Waals surface area contributed by atoms with Crippen molar-refractivity contribution >= 4 is 22.1 Å². The molecule has 0 saturated carbocycles. The van der Waals surface area contributed by atoms with Gasteiger partial charge in [0.05, 0.1) is 10.3 Å². The number of benzene rings is 1. The zero-order valence-corrected chi connectivity index (χ0v) is 10.8. The van der Waals surface area contributed by atoms with Crippen molar-refractivity contribution in [2.24, 2.45) is 0 Å². The number of fused-ring (bicyclic) bond motifs is 1. The molecule has 0 radical (unpaired) electrons. The third-order valence-corrected chi connectivity index (χ3v) is 4.00. The highest BCUT2D eigenvalue weighted by atomic mass is 32.1. The summed E-state index contributed by atoms with van der Waals surface area (Å²) < 4.78 is 0. The summed E-state index contributed by atoms with van der Waals surface area (Å²) in [6.45, 7) is 2.12. The number of aromatic nitrogens is 2. The van der Waals surface area contributed by atoms with E-state index in [1.807, 2.05) is 24.3 Å². The molecule has 0 aliphatic heterocycles. The van der Waals surface area contributed by atoms with E-state index < -0.39 is 0 Å². The first-order valence-electron chi connectivity index (χ1n) is 5.85. The molecule has 0 spiro atoms. The number of hydrogen-bond donors (Lipinski definition) is 1. The Bertz CT molecular complexity index is 758. The Morgan fingerprint density at radius 2 is 2.00 bits per heavy atom. The largest absolute Gasteiger partial charge is 0.272 e. The fraction of sp³-hybridized carbons (Fsp3) is 0.143. The average molecular weight is 256 g/mol. The van der Waals surface area contributed by atoms with Gasteiger partial charge < -0.3 is 0 Å². The molecular weight excluding hydrogens is 244 g/mol. The Morgan fingerprint density at radius 1 is 1.22 bits per heavy atom. The van der Waals surface area contributed by atoms with Crippen LogP contribution in [0.1, 0.15) is 12.5 Å². The van der Waals surface area contributed by atoms with E-state index >= 15 is 0 Å². The van der Waals surface area contributed by atoms with Gasteiger partial charge in [0, 0.05) is 5.39 Å². The number of nitrogens with one attached hydrogen (secondary N) is 1. The Kier molecular flexibility index (Phi) is 2.72. The molecule has 0 aliphatic carbocycles. The van der Waals surface area contributed by atoms with Crippen LogP contribution in [0, 0.1) is 0 Å². The van der Waals surface area contributed by atoms with Crippen molar-refractivity contribution in [3.05, 3.63) is 51.6 Å². The highest BCUT2D eigenvalue weighted by Crippen LogP contribution is 2.32. The molecule has 1 N–H and O–H groups in total. The summed E-state index contributed by atoms with van der Waals surface area (Å²) in [5.74, 6) is 0. The van der Waals surface area contributed by atoms with Crippen LogP contribution in [0.4, 0.5) is 0 Å². The zero-order chi connectivity index (χ0) is 12.5. The molecule has 3 nitrogen and oxygen atoms in total. The number of H-pyrrole nitrogens is 1. The summed E-state index contributed by atoms with van der Waals surface area (Å²) in [4.78, 5) is 12.9. The Hall–Kier alpha value is -1.94. The molecule has 0 amide bonds. The lowest BCUT2D eigenvalue weighted by molar-refractivity contribution is 1.02. The van der Waals surface area contributed by atoms with Crippen LogP contribution in [-0.4, -0.2) is 10.2 Å². The maximum absolute atomic E-state index is 11.7. The second-order valence-corrected chi connectivity index (χ2v) is 4.99. The van der Waals surface area contributed by atoms with Crippen LogP contribution in [0.2, 0.25) is 0 Å². The first kappa shape index (κ1) is 11.2. The molecule has 0 saturated heterocycles. The monoisotopic (exact) mass is 256 g/mol. The van der Waals surface area contributed by atoms with Crippen LogP contribution in [0.5, 0.6) is 0 Å². The molecule has 0 atom stereocenters. The van der Waals surface area contributed by atoms with E-state index in [-0.39, 0.29) is 5.56 Å². The van der Waals surface area contributed by atoms with Gasteiger partial charge in [-0.15, -0.1) is 11.3 Å². The SMILES string of the molecule is CCc1ccsc1-c1n[nH]c(=O)c2ccccc12. The second-order valence-electron chi connectivity index (χ2n) is 4.08. The average Bonchev–Trinajstić information content (AvgIpc) is 2.88. The standard InChI is InChI=1S/C14H12N2OS/c1-2-9-7-8-18-13(9)12-10-5-3-4-6-11(10)14(17)16-15-12/h3-8H,2H2,1H3,(H,16,17). The van der Waals surface area contributed by atoms with Gasteiger partial charge in [0.15, 0.2) is 0 Å². The predicted octanol–water partition coefficient (Wildman–Crippen LogP) is 3.21. The zero-order valence-electron chi connectivity index (χ0n) is 9.93. The van der Waals surface area contributed by atoms with Crippen molar-refractivity contribution in [3.8, 4) is 10.6 Å². The van der Waals surface area contributed by atoms with E-state index in [2.05, 4.69) is 28.6 Å². The summed E-state index contributed by atoms with van der Waals surface area (Å²) in [5, 5.41) is 10.5. The number of thiophene rings is 1. The van der Waals surface area contributed by atoms with E-state index in [9.17, 15) is 4.79 Å². The lowest BCUT2D eigenvalue weighted by atomic mass is 10.1. The van der Waals surface area contributed by atoms with Gasteiger partial charge in [0.1, 0.15) is 5.69 Å². The van der Waals surface area contributed by atoms with E-state index in [0.29, 0.717) is 5.39 Å². The van der Waals surface area contributed by atoms with Gasteiger partial charge in [-0.3, -0.25) is 4.79 Å². The maximum Gasteiger partial charge on any atom is 0.272 e. The van der Waals surface area contributed by atoms with Crippen molar-refractivity contribution in [2.45, 2.75) is 13.3 Å². The molecule has 3 aromatic rings. The fourth-order valence-corrected chi connectivity index (χ4v) is 3.11. The minimum atomic E-state index is -0.135. The Balaban J connectivity index is 2.37. The number of nitrogens with zero attached hydrogens (tertiary/aromatic N) is 1. The second kappa shape index (κ2) is 4.38. The number of hydrogen-bond acceptors (Lipinski definition) is 3. The summed E-state index contributed by atoms with van der Waals surface area (Å²) in [6, 6.07) is 9.70. The van der Waals surface area contributed by atoms with Crippen molar-refractivity contribution in [1.82, 2.24) is 10.2 Å². The van der Waals surface area contributed by atoms with Gasteiger partial charge in [0.25, 0.3) is 5.56 Å². The predicted molar refractivity (Wildman–Crippen MR) is 75.1 cm³/mol. The van der Waals surface area contributed by atoms with Crippen LogP contribution in [0.15, 0.2) is 40.5 Å². The third kappa shape index (κ3) is 1.66. The highest BCUT2D eigenvalue weighted by molar-refractivity contribution is 7.13. The number of aromatic amines is 1. The first-order chi connectivity index (χ1) is 8.81. The number of rotatable bonds is 2. The topological polar surface area (TPSA) is 45.8 Å². The van der Waals surface area contributed by atoms with Gasteiger partial charge in [-0.1, -0.05) is 25.1 Å². The van der Waals surface area contributed by atoms with Crippen LogP contribution >= 0.6 is 11.3 Å². The molecule has 3 rings (SSSR count). The molecule has 18 heavy (non-hydrogen) atoms. The minimum absolute atomic E-state index is 0.135. The summed E-state index contributed by atoms with van der Waals surface area (Å²) in [7, 11) is 0. The van der Waals surface area contributed by atoms with Gasteiger partial charge in [-0.05, 0) is 29.5 Å². The van der Waals surface area contributed by atoms with Gasteiger partial charge in [-0.25, -0.2) is 5.10 Å². The molecule has 4 heteroatoms. The van der Waals surface area contributed by atoms with E-state index in [0.717, 1.165) is 22.4 Å². The van der Waals surface area contributed by atoms with Crippen LogP contribution in [0.25, 0.3) is 21.3 Å². The summed E-state index contributed by atoms with van der Waals surface area (Å²) in [5.41, 5.74) is 2.01. The molecule has 0 unspecified atom stereocenters. The summed E-state index contributed by atoms with van der Waals surface area (Å²) >= 11 is 1.66. The molecule has 90 valence electrons. The van der Waals surface area contributed by atoms with E-state index in [4.69, 9.17) is 0 Å².